The molecule has 0 bridgehead atoms. The molecule has 2 aromatic carbocycles. The molecule has 0 atom stereocenters. The maximum absolute atomic E-state index is 5.88. The van der Waals surface area contributed by atoms with Crippen molar-refractivity contribution >= 4 is 29.3 Å². The molecule has 0 unspecified atom stereocenters. The van der Waals surface area contributed by atoms with E-state index in [1.165, 1.54) is 22.9 Å². The smallest absolute Gasteiger partial charge is 0.232 e. The number of nitrogens with two attached hydrogens (primary N) is 1. The van der Waals surface area contributed by atoms with Crippen molar-refractivity contribution in [2.24, 2.45) is 7.05 Å². The van der Waals surface area contributed by atoms with Crippen LogP contribution in [0.25, 0.3) is 0 Å². The van der Waals surface area contributed by atoms with E-state index in [2.05, 4.69) is 42.6 Å². The number of rotatable bonds is 7. The van der Waals surface area contributed by atoms with Gasteiger partial charge in [-0.05, 0) is 24.6 Å². The molecule has 8 nitrogen and oxygen atoms in total. The van der Waals surface area contributed by atoms with E-state index in [9.17, 15) is 0 Å². The molecule has 4 aromatic rings. The zero-order valence-electron chi connectivity index (χ0n) is 16.8. The molecule has 30 heavy (non-hydrogen) atoms. The lowest BCUT2D eigenvalue weighted by atomic mass is 10.1. The second-order valence-electron chi connectivity index (χ2n) is 6.83. The molecule has 0 radical (unpaired) electrons. The summed E-state index contributed by atoms with van der Waals surface area (Å²) in [6, 6.07) is 18.2. The van der Waals surface area contributed by atoms with E-state index < -0.39 is 0 Å². The fraction of sp³-hybridized carbons (Fsp3) is 0.190. The highest BCUT2D eigenvalue weighted by molar-refractivity contribution is 7.98. The van der Waals surface area contributed by atoms with Crippen molar-refractivity contribution in [1.82, 2.24) is 29.7 Å². The maximum Gasteiger partial charge on any atom is 0.232 e. The van der Waals surface area contributed by atoms with Crippen LogP contribution in [0, 0.1) is 6.92 Å². The van der Waals surface area contributed by atoms with Crippen molar-refractivity contribution < 1.29 is 0 Å². The predicted molar refractivity (Wildman–Crippen MR) is 119 cm³/mol. The fourth-order valence-corrected chi connectivity index (χ4v) is 3.64. The number of nitrogen functional groups attached to an aromatic ring is 1. The number of aromatic nitrogens is 6. The number of nitrogens with one attached hydrogen (secondary N) is 1. The van der Waals surface area contributed by atoms with Crippen LogP contribution in [-0.4, -0.2) is 29.7 Å². The van der Waals surface area contributed by atoms with Crippen molar-refractivity contribution in [2.45, 2.75) is 24.3 Å². The molecular formula is C21H22N8S. The lowest BCUT2D eigenvalue weighted by molar-refractivity contribution is 0.748. The Bertz CT molecular complexity index is 1130. The third kappa shape index (κ3) is 4.93. The molecular weight excluding hydrogens is 396 g/mol. The van der Waals surface area contributed by atoms with E-state index in [0.717, 1.165) is 23.1 Å². The Morgan fingerprint density at radius 1 is 0.967 bits per heavy atom. The van der Waals surface area contributed by atoms with Gasteiger partial charge in [-0.15, -0.1) is 10.2 Å². The van der Waals surface area contributed by atoms with Gasteiger partial charge in [-0.3, -0.25) is 0 Å². The Morgan fingerprint density at radius 3 is 2.50 bits per heavy atom. The number of hydrogen-bond acceptors (Lipinski definition) is 8. The standard InChI is InChI=1S/C21H22N8S/c1-14-8-10-16(11-9-14)23-20-25-17(24-19(22)26-20)13-30-21-28-27-18(29(21)2)12-15-6-4-3-5-7-15/h3-11H,12-13H2,1-2H3,(H3,22,23,24,25,26). The van der Waals surface area contributed by atoms with Crippen molar-refractivity contribution in [3.63, 3.8) is 0 Å². The molecule has 2 aromatic heterocycles. The Morgan fingerprint density at radius 2 is 1.73 bits per heavy atom. The summed E-state index contributed by atoms with van der Waals surface area (Å²) in [6.07, 6.45) is 0.730. The summed E-state index contributed by atoms with van der Waals surface area (Å²) >= 11 is 1.51. The molecule has 2 heterocycles. The lowest BCUT2D eigenvalue weighted by Gasteiger charge is -2.08. The van der Waals surface area contributed by atoms with Crippen molar-refractivity contribution in [1.29, 1.82) is 0 Å². The van der Waals surface area contributed by atoms with Crippen molar-refractivity contribution in [2.75, 3.05) is 11.1 Å². The molecule has 4 rings (SSSR count). The first kappa shape index (κ1) is 19.8. The van der Waals surface area contributed by atoms with Crippen LogP contribution in [0.3, 0.4) is 0 Å². The lowest BCUT2D eigenvalue weighted by Crippen LogP contribution is -2.07. The third-order valence-corrected chi connectivity index (χ3v) is 5.48. The summed E-state index contributed by atoms with van der Waals surface area (Å²) in [5.41, 5.74) is 9.15. The second kappa shape index (κ2) is 8.91. The van der Waals surface area contributed by atoms with Crippen LogP contribution in [0.4, 0.5) is 17.6 Å². The van der Waals surface area contributed by atoms with Gasteiger partial charge in [0.1, 0.15) is 11.6 Å². The molecule has 152 valence electrons. The van der Waals surface area contributed by atoms with E-state index >= 15 is 0 Å². The van der Waals surface area contributed by atoms with Crippen LogP contribution < -0.4 is 11.1 Å². The van der Waals surface area contributed by atoms with E-state index in [0.29, 0.717) is 17.5 Å². The summed E-state index contributed by atoms with van der Waals surface area (Å²) in [4.78, 5) is 12.9. The number of aryl methyl sites for hydroxylation is 1. The molecule has 9 heteroatoms. The molecule has 0 spiro atoms. The zero-order valence-corrected chi connectivity index (χ0v) is 17.6. The zero-order chi connectivity index (χ0) is 20.9. The molecule has 0 aliphatic carbocycles. The SMILES string of the molecule is Cc1ccc(Nc2nc(N)nc(CSc3nnc(Cc4ccccc4)n3C)n2)cc1. The minimum atomic E-state index is 0.179. The second-order valence-corrected chi connectivity index (χ2v) is 7.78. The van der Waals surface area contributed by atoms with E-state index in [-0.39, 0.29) is 5.95 Å². The van der Waals surface area contributed by atoms with Gasteiger partial charge in [0.15, 0.2) is 5.16 Å². The monoisotopic (exact) mass is 418 g/mol. The largest absolute Gasteiger partial charge is 0.368 e. The highest BCUT2D eigenvalue weighted by Crippen LogP contribution is 2.22. The van der Waals surface area contributed by atoms with Gasteiger partial charge in [-0.1, -0.05) is 59.8 Å². The maximum atomic E-state index is 5.88. The average Bonchev–Trinajstić information content (AvgIpc) is 3.08. The van der Waals surface area contributed by atoms with Crippen LogP contribution in [0.2, 0.25) is 0 Å². The number of nitrogens with zero attached hydrogens (tertiary/aromatic N) is 6. The summed E-state index contributed by atoms with van der Waals surface area (Å²) in [5, 5.41) is 12.6. The van der Waals surface area contributed by atoms with E-state index in [4.69, 9.17) is 5.73 Å². The number of benzene rings is 2. The highest BCUT2D eigenvalue weighted by atomic mass is 32.2. The molecule has 0 fully saturated rings. The molecule has 0 aliphatic rings. The number of thioether (sulfide) groups is 1. The third-order valence-electron chi connectivity index (χ3n) is 4.47. The van der Waals surface area contributed by atoms with Gasteiger partial charge in [-0.2, -0.15) is 15.0 Å². The number of anilines is 3. The quantitative estimate of drug-likeness (QED) is 0.439. The fourth-order valence-electron chi connectivity index (χ4n) is 2.86. The first-order chi connectivity index (χ1) is 14.6. The van der Waals surface area contributed by atoms with Gasteiger partial charge in [0.25, 0.3) is 0 Å². The topological polar surface area (TPSA) is 107 Å². The first-order valence-corrected chi connectivity index (χ1v) is 10.4. The Kier molecular flexibility index (Phi) is 5.89. The first-order valence-electron chi connectivity index (χ1n) is 9.46. The summed E-state index contributed by atoms with van der Waals surface area (Å²) in [6.45, 7) is 2.04. The average molecular weight is 419 g/mol. The summed E-state index contributed by atoms with van der Waals surface area (Å²) < 4.78 is 1.99. The van der Waals surface area contributed by atoms with Crippen molar-refractivity contribution in [3.8, 4) is 0 Å². The van der Waals surface area contributed by atoms with E-state index in [1.807, 2.05) is 61.0 Å². The van der Waals surface area contributed by atoms with Gasteiger partial charge in [0, 0.05) is 19.2 Å². The Hall–Kier alpha value is -3.46. The molecule has 0 saturated heterocycles. The number of hydrogen-bond donors (Lipinski definition) is 2. The van der Waals surface area contributed by atoms with Gasteiger partial charge >= 0.3 is 0 Å². The van der Waals surface area contributed by atoms with Crippen LogP contribution >= 0.6 is 11.8 Å². The van der Waals surface area contributed by atoms with Crippen molar-refractivity contribution in [3.05, 3.63) is 77.4 Å². The van der Waals surface area contributed by atoms with Gasteiger partial charge < -0.3 is 15.6 Å². The predicted octanol–water partition coefficient (Wildman–Crippen LogP) is 3.52. The molecule has 0 aliphatic heterocycles. The Labute approximate surface area is 179 Å². The van der Waals surface area contributed by atoms with Crippen LogP contribution in [0.1, 0.15) is 22.8 Å². The minimum absolute atomic E-state index is 0.179. The molecule has 0 amide bonds. The normalized spacial score (nSPS) is 10.9. The summed E-state index contributed by atoms with van der Waals surface area (Å²) in [7, 11) is 1.97. The molecule has 3 N–H and O–H groups in total. The minimum Gasteiger partial charge on any atom is -0.368 e. The van der Waals surface area contributed by atoms with Crippen LogP contribution in [0.15, 0.2) is 59.8 Å². The van der Waals surface area contributed by atoms with Gasteiger partial charge in [0.05, 0.1) is 5.75 Å². The highest BCUT2D eigenvalue weighted by Gasteiger charge is 2.12. The van der Waals surface area contributed by atoms with E-state index in [1.54, 1.807) is 0 Å². The van der Waals surface area contributed by atoms with Gasteiger partial charge in [-0.25, -0.2) is 0 Å². The van der Waals surface area contributed by atoms with Gasteiger partial charge in [0.2, 0.25) is 11.9 Å². The summed E-state index contributed by atoms with van der Waals surface area (Å²) in [5.74, 6) is 2.59. The molecule has 0 saturated carbocycles. The van der Waals surface area contributed by atoms with Crippen LogP contribution in [-0.2, 0) is 19.2 Å². The van der Waals surface area contributed by atoms with Crippen LogP contribution in [0.5, 0.6) is 0 Å². The Balaban J connectivity index is 1.43.